The van der Waals surface area contributed by atoms with Crippen molar-refractivity contribution in [3.63, 3.8) is 0 Å². The number of esters is 1. The van der Waals surface area contributed by atoms with E-state index in [1.54, 1.807) is 45.0 Å². The van der Waals surface area contributed by atoms with E-state index in [0.29, 0.717) is 11.3 Å². The lowest BCUT2D eigenvalue weighted by Gasteiger charge is -2.10. The highest BCUT2D eigenvalue weighted by molar-refractivity contribution is 6.19. The molecule has 1 amide bonds. The zero-order valence-corrected chi connectivity index (χ0v) is 12.0. The van der Waals surface area contributed by atoms with E-state index in [1.807, 2.05) is 0 Å². The second-order valence-electron chi connectivity index (χ2n) is 4.58. The Hall–Kier alpha value is -1.55. The molecule has 0 aliphatic rings. The molecule has 0 aliphatic heterocycles. The van der Waals surface area contributed by atoms with Gasteiger partial charge < -0.3 is 10.1 Å². The summed E-state index contributed by atoms with van der Waals surface area (Å²) in [5.41, 5.74) is 1.08. The Bertz CT molecular complexity index is 443. The number of carbonyl (C=O) groups is 2. The number of hydrogen-bond donors (Lipinski definition) is 1. The van der Waals surface area contributed by atoms with Crippen LogP contribution in [0.1, 0.15) is 31.1 Å². The molecule has 5 heteroatoms. The number of nitrogens with one attached hydrogen (secondary N) is 1. The van der Waals surface area contributed by atoms with Crippen LogP contribution in [0.25, 0.3) is 0 Å². The molecule has 1 N–H and O–H groups in total. The molecular formula is C14H18ClNO3. The van der Waals surface area contributed by atoms with Gasteiger partial charge in [0, 0.05) is 17.5 Å². The molecule has 0 radical (unpaired) electrons. The lowest BCUT2D eigenvalue weighted by atomic mass is 10.1. The highest BCUT2D eigenvalue weighted by Gasteiger charge is 2.12. The van der Waals surface area contributed by atoms with Gasteiger partial charge in [0.1, 0.15) is 0 Å². The van der Waals surface area contributed by atoms with Gasteiger partial charge in [0.05, 0.1) is 11.7 Å². The predicted octanol–water partition coefficient (Wildman–Crippen LogP) is 3.07. The summed E-state index contributed by atoms with van der Waals surface area (Å²) in [7, 11) is 0. The standard InChI is InChI=1S/C14H18ClNO3/c1-9(2)19-14(18)11-4-6-12(7-5-11)16-13(17)10(3)8-15/h4-7,9-10H,8H2,1-3H3,(H,16,17). The fourth-order valence-electron chi connectivity index (χ4n) is 1.31. The van der Waals surface area contributed by atoms with Gasteiger partial charge in [-0.2, -0.15) is 0 Å². The minimum atomic E-state index is -0.373. The molecule has 4 nitrogen and oxygen atoms in total. The van der Waals surface area contributed by atoms with Crippen molar-refractivity contribution in [1.82, 2.24) is 0 Å². The summed E-state index contributed by atoms with van der Waals surface area (Å²) in [4.78, 5) is 23.2. The maximum Gasteiger partial charge on any atom is 0.338 e. The topological polar surface area (TPSA) is 55.4 Å². The average Bonchev–Trinajstić information content (AvgIpc) is 2.37. The number of amides is 1. The van der Waals surface area contributed by atoms with Gasteiger partial charge in [-0.05, 0) is 38.1 Å². The van der Waals surface area contributed by atoms with Crippen molar-refractivity contribution in [2.24, 2.45) is 5.92 Å². The molecular weight excluding hydrogens is 266 g/mol. The van der Waals surface area contributed by atoms with Crippen LogP contribution < -0.4 is 5.32 Å². The van der Waals surface area contributed by atoms with E-state index in [0.717, 1.165) is 0 Å². The first-order valence-corrected chi connectivity index (χ1v) is 6.65. The van der Waals surface area contributed by atoms with Crippen molar-refractivity contribution in [2.75, 3.05) is 11.2 Å². The van der Waals surface area contributed by atoms with Crippen LogP contribution in [0.3, 0.4) is 0 Å². The number of anilines is 1. The van der Waals surface area contributed by atoms with Crippen LogP contribution in [-0.2, 0) is 9.53 Å². The Labute approximate surface area is 118 Å². The molecule has 104 valence electrons. The van der Waals surface area contributed by atoms with Crippen molar-refractivity contribution in [2.45, 2.75) is 26.9 Å². The maximum absolute atomic E-state index is 11.6. The minimum absolute atomic E-state index is 0.146. The third kappa shape index (κ3) is 4.91. The number of rotatable bonds is 5. The van der Waals surface area contributed by atoms with E-state index in [-0.39, 0.29) is 29.8 Å². The van der Waals surface area contributed by atoms with E-state index in [4.69, 9.17) is 16.3 Å². The van der Waals surface area contributed by atoms with Crippen molar-refractivity contribution in [3.8, 4) is 0 Å². The summed E-state index contributed by atoms with van der Waals surface area (Å²) in [6, 6.07) is 6.56. The Morgan fingerprint density at radius 1 is 1.21 bits per heavy atom. The highest BCUT2D eigenvalue weighted by atomic mass is 35.5. The third-order valence-electron chi connectivity index (χ3n) is 2.41. The van der Waals surface area contributed by atoms with E-state index in [1.165, 1.54) is 0 Å². The Balaban J connectivity index is 2.66. The van der Waals surface area contributed by atoms with Crippen LogP contribution in [0.2, 0.25) is 0 Å². The van der Waals surface area contributed by atoms with Gasteiger partial charge in [-0.15, -0.1) is 11.6 Å². The van der Waals surface area contributed by atoms with Crippen LogP contribution >= 0.6 is 11.6 Å². The van der Waals surface area contributed by atoms with Gasteiger partial charge in [0.15, 0.2) is 0 Å². The lowest BCUT2D eigenvalue weighted by molar-refractivity contribution is -0.118. The molecule has 0 saturated heterocycles. The molecule has 1 aromatic carbocycles. The van der Waals surface area contributed by atoms with Gasteiger partial charge in [-0.3, -0.25) is 4.79 Å². The van der Waals surface area contributed by atoms with Gasteiger partial charge >= 0.3 is 5.97 Å². The fraction of sp³-hybridized carbons (Fsp3) is 0.429. The minimum Gasteiger partial charge on any atom is -0.459 e. The molecule has 1 atom stereocenters. The van der Waals surface area contributed by atoms with Gasteiger partial charge in [0.2, 0.25) is 5.91 Å². The molecule has 19 heavy (non-hydrogen) atoms. The van der Waals surface area contributed by atoms with Gasteiger partial charge in [0.25, 0.3) is 0 Å². The molecule has 0 aromatic heterocycles. The average molecular weight is 284 g/mol. The van der Waals surface area contributed by atoms with E-state index in [2.05, 4.69) is 5.32 Å². The summed E-state index contributed by atoms with van der Waals surface area (Å²) in [5.74, 6) is -0.508. The summed E-state index contributed by atoms with van der Waals surface area (Å²) in [6.07, 6.45) is -0.156. The predicted molar refractivity (Wildman–Crippen MR) is 75.5 cm³/mol. The van der Waals surface area contributed by atoms with Gasteiger partial charge in [-0.1, -0.05) is 6.92 Å². The van der Waals surface area contributed by atoms with Crippen molar-refractivity contribution >= 4 is 29.2 Å². The zero-order valence-electron chi connectivity index (χ0n) is 11.3. The zero-order chi connectivity index (χ0) is 14.4. The molecule has 0 spiro atoms. The monoisotopic (exact) mass is 283 g/mol. The van der Waals surface area contributed by atoms with E-state index in [9.17, 15) is 9.59 Å². The number of hydrogen-bond acceptors (Lipinski definition) is 3. The van der Waals surface area contributed by atoms with Crippen molar-refractivity contribution in [1.29, 1.82) is 0 Å². The molecule has 0 saturated carbocycles. The molecule has 0 aliphatic carbocycles. The van der Waals surface area contributed by atoms with Crippen LogP contribution in [0.15, 0.2) is 24.3 Å². The number of ether oxygens (including phenoxy) is 1. The molecule has 1 unspecified atom stereocenters. The van der Waals surface area contributed by atoms with E-state index < -0.39 is 0 Å². The van der Waals surface area contributed by atoms with Gasteiger partial charge in [-0.25, -0.2) is 4.79 Å². The second kappa shape index (κ2) is 7.14. The largest absolute Gasteiger partial charge is 0.459 e. The Kier molecular flexibility index (Phi) is 5.83. The van der Waals surface area contributed by atoms with E-state index >= 15 is 0 Å². The molecule has 0 fully saturated rings. The molecule has 1 aromatic rings. The summed E-state index contributed by atoms with van der Waals surface area (Å²) in [5, 5.41) is 2.72. The normalized spacial score (nSPS) is 12.1. The Morgan fingerprint density at radius 3 is 2.26 bits per heavy atom. The number of halogens is 1. The van der Waals surface area contributed by atoms with Crippen LogP contribution in [0.5, 0.6) is 0 Å². The first-order chi connectivity index (χ1) is 8.93. The lowest BCUT2D eigenvalue weighted by Crippen LogP contribution is -2.21. The molecule has 0 bridgehead atoms. The molecule has 1 rings (SSSR count). The molecule has 0 heterocycles. The number of carbonyl (C=O) groups excluding carboxylic acids is 2. The SMILES string of the molecule is CC(C)OC(=O)c1ccc(NC(=O)C(C)CCl)cc1. The third-order valence-corrected chi connectivity index (χ3v) is 2.87. The Morgan fingerprint density at radius 2 is 1.79 bits per heavy atom. The van der Waals surface area contributed by atoms with Crippen LogP contribution in [0, 0.1) is 5.92 Å². The number of alkyl halides is 1. The number of benzene rings is 1. The second-order valence-corrected chi connectivity index (χ2v) is 4.88. The summed E-state index contributed by atoms with van der Waals surface area (Å²) >= 11 is 5.61. The fourth-order valence-corrected chi connectivity index (χ4v) is 1.45. The smallest absolute Gasteiger partial charge is 0.338 e. The highest BCUT2D eigenvalue weighted by Crippen LogP contribution is 2.13. The first-order valence-electron chi connectivity index (χ1n) is 6.12. The van der Waals surface area contributed by atoms with Crippen LogP contribution in [-0.4, -0.2) is 23.9 Å². The maximum atomic E-state index is 11.6. The quantitative estimate of drug-likeness (QED) is 0.667. The first kappa shape index (κ1) is 15.5. The van der Waals surface area contributed by atoms with Crippen molar-refractivity contribution in [3.05, 3.63) is 29.8 Å². The van der Waals surface area contributed by atoms with Crippen molar-refractivity contribution < 1.29 is 14.3 Å². The summed E-state index contributed by atoms with van der Waals surface area (Å²) < 4.78 is 5.07. The summed E-state index contributed by atoms with van der Waals surface area (Å²) in [6.45, 7) is 5.33. The van der Waals surface area contributed by atoms with Crippen LogP contribution in [0.4, 0.5) is 5.69 Å².